The average molecular weight is 523 g/mol. The van der Waals surface area contributed by atoms with E-state index in [4.69, 9.17) is 26.6 Å². The predicted octanol–water partition coefficient (Wildman–Crippen LogP) is 3.45. The maximum atomic E-state index is 6.20. The molecule has 11 heteroatoms. The molecule has 0 saturated carbocycles. The fraction of sp³-hybridized carbons (Fsp3) is 0.909. The van der Waals surface area contributed by atoms with E-state index < -0.39 is 17.6 Å². The lowest BCUT2D eigenvalue weighted by atomic mass is 10.5. The Kier molecular flexibility index (Phi) is 20.1. The summed E-state index contributed by atoms with van der Waals surface area (Å²) in [6.07, 6.45) is 4.00. The van der Waals surface area contributed by atoms with E-state index in [1.807, 2.05) is 41.5 Å². The molecule has 0 aromatic rings. The van der Waals surface area contributed by atoms with Crippen LogP contribution < -0.4 is 5.32 Å². The van der Waals surface area contributed by atoms with E-state index in [-0.39, 0.29) is 0 Å². The molecule has 0 bridgehead atoms. The molecule has 0 rings (SSSR count). The molecule has 0 fully saturated rings. The molecule has 0 aliphatic rings. The third-order valence-corrected chi connectivity index (χ3v) is 13.1. The standard InChI is InChI=1S/C22H50N2O6Si3/c1-9-24(10-2)20-22(33(28-14-6,29-15-7)30-16-8)31-21-23-18-17-19-32(25-11-3,26-12-4)27-13-5/h20,23H,9-19,21H2,1-8H3. The van der Waals surface area contributed by atoms with E-state index in [2.05, 4.69) is 30.3 Å². The molecule has 0 saturated heterocycles. The Labute approximate surface area is 208 Å². The number of nitrogens with zero attached hydrogens (tertiary/aromatic N) is 1. The molecule has 2 radical (unpaired) electrons. The summed E-state index contributed by atoms with van der Waals surface area (Å²) in [4.78, 5) is 3.44. The first-order valence-electron chi connectivity index (χ1n) is 12.7. The first-order chi connectivity index (χ1) is 16.0. The Balaban J connectivity index is 5.17. The Morgan fingerprint density at radius 3 is 1.58 bits per heavy atom. The molecular weight excluding hydrogens is 473 g/mol. The van der Waals surface area contributed by atoms with E-state index in [9.17, 15) is 0 Å². The monoisotopic (exact) mass is 522 g/mol. The summed E-state index contributed by atoms with van der Waals surface area (Å²) in [5, 5.41) is 3.59. The van der Waals surface area contributed by atoms with Gasteiger partial charge >= 0.3 is 17.6 Å². The fourth-order valence-corrected chi connectivity index (χ4v) is 10.8. The maximum absolute atomic E-state index is 6.20. The quantitative estimate of drug-likeness (QED) is 0.162. The second kappa shape index (κ2) is 20.1. The maximum Gasteiger partial charge on any atom is 0.529 e. The summed E-state index contributed by atoms with van der Waals surface area (Å²) in [6, 6.07) is 0.816. The van der Waals surface area contributed by atoms with Gasteiger partial charge in [-0.2, -0.15) is 0 Å². The van der Waals surface area contributed by atoms with Gasteiger partial charge in [-0.15, -0.1) is 0 Å². The van der Waals surface area contributed by atoms with Crippen LogP contribution in [0, 0.1) is 0 Å². The van der Waals surface area contributed by atoms with Gasteiger partial charge < -0.3 is 36.8 Å². The third kappa shape index (κ3) is 12.4. The summed E-state index contributed by atoms with van der Waals surface area (Å²) >= 11 is 0. The number of hydrogen-bond donors (Lipinski definition) is 1. The largest absolute Gasteiger partial charge is 0.529 e. The van der Waals surface area contributed by atoms with Crippen molar-refractivity contribution in [1.29, 1.82) is 0 Å². The minimum Gasteiger partial charge on any atom is -0.378 e. The Morgan fingerprint density at radius 1 is 0.727 bits per heavy atom. The summed E-state index contributed by atoms with van der Waals surface area (Å²) in [7, 11) is -4.98. The van der Waals surface area contributed by atoms with Gasteiger partial charge in [-0.05, 0) is 80.7 Å². The van der Waals surface area contributed by atoms with Crippen molar-refractivity contribution in [3.63, 3.8) is 0 Å². The normalized spacial score (nSPS) is 13.0. The van der Waals surface area contributed by atoms with Gasteiger partial charge in [-0.25, -0.2) is 0 Å². The van der Waals surface area contributed by atoms with Crippen molar-refractivity contribution < 1.29 is 26.6 Å². The van der Waals surface area contributed by atoms with Gasteiger partial charge in [0.15, 0.2) is 0 Å². The average Bonchev–Trinajstić information content (AvgIpc) is 2.79. The van der Waals surface area contributed by atoms with Crippen molar-refractivity contribution in [2.45, 2.75) is 67.9 Å². The zero-order chi connectivity index (χ0) is 25.0. The molecule has 0 spiro atoms. The Hall–Kier alpha value is -0.0894. The van der Waals surface area contributed by atoms with Crippen molar-refractivity contribution in [3.05, 3.63) is 11.0 Å². The van der Waals surface area contributed by atoms with Crippen LogP contribution in [0.15, 0.2) is 11.0 Å². The minimum absolute atomic E-state index is 0.515. The highest BCUT2D eigenvalue weighted by molar-refractivity contribution is 6.83. The Bertz CT molecular complexity index is 465. The predicted molar refractivity (Wildman–Crippen MR) is 140 cm³/mol. The van der Waals surface area contributed by atoms with Crippen LogP contribution in [0.3, 0.4) is 0 Å². The summed E-state index contributed by atoms with van der Waals surface area (Å²) in [5.41, 5.74) is 0. The first-order valence-corrected chi connectivity index (χ1v) is 17.6. The van der Waals surface area contributed by atoms with Crippen molar-refractivity contribution in [1.82, 2.24) is 10.2 Å². The van der Waals surface area contributed by atoms with E-state index in [0.29, 0.717) is 49.2 Å². The summed E-state index contributed by atoms with van der Waals surface area (Å²) < 4.78 is 36.5. The van der Waals surface area contributed by atoms with Crippen LogP contribution in [0.1, 0.15) is 61.8 Å². The topological polar surface area (TPSA) is 70.7 Å². The van der Waals surface area contributed by atoms with Gasteiger partial charge in [0, 0.05) is 63.6 Å². The van der Waals surface area contributed by atoms with Crippen molar-refractivity contribution in [3.8, 4) is 0 Å². The molecule has 1 N–H and O–H groups in total. The Morgan fingerprint density at radius 2 is 1.18 bits per heavy atom. The van der Waals surface area contributed by atoms with Crippen LogP contribution in [-0.4, -0.2) is 97.5 Å². The zero-order valence-corrected chi connectivity index (χ0v) is 25.5. The molecule has 0 aromatic carbocycles. The highest BCUT2D eigenvalue weighted by Crippen LogP contribution is 2.21. The molecule has 0 aliphatic heterocycles. The van der Waals surface area contributed by atoms with Crippen molar-refractivity contribution in [2.24, 2.45) is 0 Å². The lowest BCUT2D eigenvalue weighted by molar-refractivity contribution is 0.0708. The number of hydrogen-bond acceptors (Lipinski definition) is 8. The highest BCUT2D eigenvalue weighted by Gasteiger charge is 2.45. The van der Waals surface area contributed by atoms with Gasteiger partial charge in [-0.3, -0.25) is 0 Å². The van der Waals surface area contributed by atoms with Crippen LogP contribution in [0.25, 0.3) is 0 Å². The summed E-state index contributed by atoms with van der Waals surface area (Å²) in [6.45, 7) is 22.6. The summed E-state index contributed by atoms with van der Waals surface area (Å²) in [5.74, 6) is 0. The van der Waals surface area contributed by atoms with Crippen LogP contribution in [0.5, 0.6) is 0 Å². The number of rotatable bonds is 23. The number of nitrogens with one attached hydrogen (secondary N) is 1. The smallest absolute Gasteiger partial charge is 0.378 e. The highest BCUT2D eigenvalue weighted by atomic mass is 28.4. The fourth-order valence-electron chi connectivity index (χ4n) is 3.43. The van der Waals surface area contributed by atoms with E-state index in [1.165, 1.54) is 0 Å². The molecule has 8 nitrogen and oxygen atoms in total. The van der Waals surface area contributed by atoms with Gasteiger partial charge in [0.25, 0.3) is 0 Å². The van der Waals surface area contributed by atoms with Gasteiger partial charge in [-0.1, -0.05) is 0 Å². The van der Waals surface area contributed by atoms with E-state index >= 15 is 0 Å². The lowest BCUT2D eigenvalue weighted by Gasteiger charge is -2.32. The molecular formula is C22H50N2O6Si3. The first kappa shape index (κ1) is 32.9. The molecule has 0 aliphatic carbocycles. The van der Waals surface area contributed by atoms with E-state index in [1.54, 1.807) is 0 Å². The molecule has 0 atom stereocenters. The molecule has 0 aromatic heterocycles. The molecule has 0 unspecified atom stereocenters. The van der Waals surface area contributed by atoms with Crippen molar-refractivity contribution >= 4 is 27.1 Å². The molecule has 0 heterocycles. The van der Waals surface area contributed by atoms with E-state index in [0.717, 1.165) is 43.1 Å². The zero-order valence-electron chi connectivity index (χ0n) is 22.5. The third-order valence-electron chi connectivity index (χ3n) is 4.79. The van der Waals surface area contributed by atoms with Crippen molar-refractivity contribution in [2.75, 3.05) is 65.4 Å². The lowest BCUT2D eigenvalue weighted by Crippen LogP contribution is -2.52. The second-order valence-electron chi connectivity index (χ2n) is 7.06. The van der Waals surface area contributed by atoms with Crippen LogP contribution in [0.4, 0.5) is 0 Å². The van der Waals surface area contributed by atoms with Crippen LogP contribution in [-0.2, 0) is 26.6 Å². The molecule has 0 amide bonds. The van der Waals surface area contributed by atoms with Crippen LogP contribution >= 0.6 is 0 Å². The van der Waals surface area contributed by atoms with Crippen LogP contribution in [0.2, 0.25) is 6.04 Å². The minimum atomic E-state index is -2.91. The van der Waals surface area contributed by atoms with Gasteiger partial charge in [0.1, 0.15) is 0 Å². The SMILES string of the molecule is CCO[Si](CCCNC[Si]C(=CN(CC)CC)[Si](OCC)(OCC)OCC)(OCC)OCC. The molecule has 196 valence electrons. The molecule has 33 heavy (non-hydrogen) atoms. The second-order valence-corrected chi connectivity index (χ2v) is 14.1. The van der Waals surface area contributed by atoms with Gasteiger partial charge in [0.05, 0.1) is 9.52 Å². The van der Waals surface area contributed by atoms with Gasteiger partial charge in [0.2, 0.25) is 0 Å².